The number of carbonyl (C=O) groups excluding carboxylic acids is 1. The lowest BCUT2D eigenvalue weighted by Crippen LogP contribution is -2.51. The number of hydrogen-bond donors (Lipinski definition) is 0. The zero-order valence-corrected chi connectivity index (χ0v) is 15.0. The molecule has 0 radical (unpaired) electrons. The zero-order valence-electron chi connectivity index (χ0n) is 14.2. The van der Waals surface area contributed by atoms with E-state index in [1.807, 2.05) is 13.8 Å². The van der Waals surface area contributed by atoms with Gasteiger partial charge in [0.1, 0.15) is 5.82 Å². The van der Waals surface area contributed by atoms with Gasteiger partial charge < -0.3 is 9.64 Å². The molecule has 0 saturated carbocycles. The number of benzene rings is 1. The van der Waals surface area contributed by atoms with Crippen molar-refractivity contribution in [2.24, 2.45) is 5.92 Å². The van der Waals surface area contributed by atoms with Crippen molar-refractivity contribution >= 4 is 15.9 Å². The molecule has 3 aliphatic rings. The second-order valence-corrected chi connectivity index (χ2v) is 9.16. The first-order valence-electron chi connectivity index (χ1n) is 8.51. The Morgan fingerprint density at radius 1 is 1.28 bits per heavy atom. The largest absolute Gasteiger partial charge is 0.352 e. The number of amides is 1. The van der Waals surface area contributed by atoms with Gasteiger partial charge in [-0.2, -0.15) is 4.31 Å². The molecule has 0 unspecified atom stereocenters. The van der Waals surface area contributed by atoms with Crippen LogP contribution in [0.5, 0.6) is 0 Å². The van der Waals surface area contributed by atoms with E-state index in [1.54, 1.807) is 4.90 Å². The van der Waals surface area contributed by atoms with Gasteiger partial charge in [-0.1, -0.05) is 13.8 Å². The maximum absolute atomic E-state index is 13.1. The van der Waals surface area contributed by atoms with Crippen molar-refractivity contribution in [3.63, 3.8) is 0 Å². The number of ether oxygens (including phenoxy) is 1. The summed E-state index contributed by atoms with van der Waals surface area (Å²) in [6.07, 6.45) is 0.594. The van der Waals surface area contributed by atoms with Crippen LogP contribution in [0.2, 0.25) is 0 Å². The van der Waals surface area contributed by atoms with Crippen LogP contribution in [0.1, 0.15) is 26.7 Å². The topological polar surface area (TPSA) is 66.9 Å². The predicted molar refractivity (Wildman–Crippen MR) is 87.5 cm³/mol. The second kappa shape index (κ2) is 5.49. The molecule has 3 fully saturated rings. The van der Waals surface area contributed by atoms with Gasteiger partial charge in [0.05, 0.1) is 23.6 Å². The molecule has 8 heteroatoms. The van der Waals surface area contributed by atoms with Gasteiger partial charge >= 0.3 is 0 Å². The predicted octanol–water partition coefficient (Wildman–Crippen LogP) is 1.57. The van der Waals surface area contributed by atoms with Gasteiger partial charge in [-0.3, -0.25) is 4.79 Å². The molecule has 3 heterocycles. The molecule has 1 amide bonds. The van der Waals surface area contributed by atoms with Crippen LogP contribution in [-0.2, 0) is 19.6 Å². The SMILES string of the molecule is CC(C)[C@@H]1CO[C@@]23CCN(S(=O)(=O)c4ccc(F)cc4)[C@@H]2CC(=O)N13. The molecule has 25 heavy (non-hydrogen) atoms. The second-order valence-electron chi connectivity index (χ2n) is 7.27. The highest BCUT2D eigenvalue weighted by Gasteiger charge is 2.66. The molecular weight excluding hydrogens is 347 g/mol. The van der Waals surface area contributed by atoms with E-state index in [4.69, 9.17) is 4.74 Å². The molecule has 3 aliphatic heterocycles. The first kappa shape index (κ1) is 16.9. The van der Waals surface area contributed by atoms with Crippen LogP contribution < -0.4 is 0 Å². The maximum atomic E-state index is 13.1. The molecule has 0 aromatic heterocycles. The summed E-state index contributed by atoms with van der Waals surface area (Å²) in [6.45, 7) is 4.80. The molecule has 136 valence electrons. The van der Waals surface area contributed by atoms with Gasteiger partial charge in [-0.25, -0.2) is 12.8 Å². The van der Waals surface area contributed by atoms with Gasteiger partial charge in [-0.05, 0) is 30.2 Å². The summed E-state index contributed by atoms with van der Waals surface area (Å²) in [7, 11) is -3.81. The average molecular weight is 368 g/mol. The van der Waals surface area contributed by atoms with E-state index in [9.17, 15) is 17.6 Å². The summed E-state index contributed by atoms with van der Waals surface area (Å²) >= 11 is 0. The maximum Gasteiger partial charge on any atom is 0.243 e. The Hall–Kier alpha value is -1.51. The number of rotatable bonds is 3. The van der Waals surface area contributed by atoms with Crippen molar-refractivity contribution in [1.82, 2.24) is 9.21 Å². The minimum Gasteiger partial charge on any atom is -0.352 e. The molecule has 0 aliphatic carbocycles. The van der Waals surface area contributed by atoms with Crippen molar-refractivity contribution in [2.45, 2.75) is 49.4 Å². The molecule has 1 aromatic carbocycles. The number of sulfonamides is 1. The van der Waals surface area contributed by atoms with Crippen molar-refractivity contribution in [2.75, 3.05) is 13.2 Å². The highest BCUT2D eigenvalue weighted by atomic mass is 32.2. The van der Waals surface area contributed by atoms with E-state index >= 15 is 0 Å². The molecule has 0 bridgehead atoms. The van der Waals surface area contributed by atoms with Gasteiger partial charge in [0.2, 0.25) is 15.9 Å². The summed E-state index contributed by atoms with van der Waals surface area (Å²) in [5.74, 6) is -0.303. The van der Waals surface area contributed by atoms with Crippen LogP contribution in [-0.4, -0.2) is 54.5 Å². The normalized spacial score (nSPS) is 32.5. The van der Waals surface area contributed by atoms with E-state index in [0.29, 0.717) is 19.6 Å². The van der Waals surface area contributed by atoms with Gasteiger partial charge in [0.25, 0.3) is 0 Å². The molecule has 3 atom stereocenters. The van der Waals surface area contributed by atoms with E-state index < -0.39 is 27.6 Å². The van der Waals surface area contributed by atoms with Crippen molar-refractivity contribution in [3.8, 4) is 0 Å². The summed E-state index contributed by atoms with van der Waals surface area (Å²) in [5, 5.41) is 0. The first-order valence-corrected chi connectivity index (χ1v) is 9.95. The number of hydrogen-bond acceptors (Lipinski definition) is 4. The third-order valence-electron chi connectivity index (χ3n) is 5.63. The summed E-state index contributed by atoms with van der Waals surface area (Å²) in [4.78, 5) is 14.4. The summed E-state index contributed by atoms with van der Waals surface area (Å²) < 4.78 is 46.6. The van der Waals surface area contributed by atoms with Gasteiger partial charge in [0, 0.05) is 19.4 Å². The van der Waals surface area contributed by atoms with E-state index in [2.05, 4.69) is 0 Å². The van der Waals surface area contributed by atoms with E-state index in [-0.39, 0.29) is 29.2 Å². The Morgan fingerprint density at radius 2 is 1.96 bits per heavy atom. The fraction of sp³-hybridized carbons (Fsp3) is 0.588. The average Bonchev–Trinajstić information content (AvgIpc) is 3.17. The number of carbonyl (C=O) groups is 1. The van der Waals surface area contributed by atoms with Crippen molar-refractivity contribution in [1.29, 1.82) is 0 Å². The lowest BCUT2D eigenvalue weighted by molar-refractivity contribution is -0.139. The van der Waals surface area contributed by atoms with E-state index in [1.165, 1.54) is 16.4 Å². The van der Waals surface area contributed by atoms with Crippen LogP contribution in [0.15, 0.2) is 29.2 Å². The van der Waals surface area contributed by atoms with Crippen LogP contribution in [0.3, 0.4) is 0 Å². The number of nitrogens with zero attached hydrogens (tertiary/aromatic N) is 2. The standard InChI is InChI=1S/C17H21FN2O4S/c1-11(2)14-10-24-17-7-8-19(15(17)9-16(21)20(14)17)25(22,23)13-5-3-12(18)4-6-13/h3-6,11,14-15H,7-10H2,1-2H3/t14-,15+,17-/m0/s1. The Kier molecular flexibility index (Phi) is 3.72. The fourth-order valence-corrected chi connectivity index (χ4v) is 6.02. The van der Waals surface area contributed by atoms with Crippen LogP contribution in [0.25, 0.3) is 0 Å². The summed E-state index contributed by atoms with van der Waals surface area (Å²) in [6, 6.07) is 4.23. The molecule has 1 spiro atoms. The van der Waals surface area contributed by atoms with Crippen LogP contribution >= 0.6 is 0 Å². The third-order valence-corrected chi connectivity index (χ3v) is 7.55. The monoisotopic (exact) mass is 368 g/mol. The molecule has 1 aromatic rings. The summed E-state index contributed by atoms with van der Waals surface area (Å²) in [5.41, 5.74) is -0.848. The molecule has 4 rings (SSSR count). The van der Waals surface area contributed by atoms with Gasteiger partial charge in [0.15, 0.2) is 5.72 Å². The lowest BCUT2D eigenvalue weighted by Gasteiger charge is -2.34. The van der Waals surface area contributed by atoms with Crippen LogP contribution in [0, 0.1) is 11.7 Å². The Bertz CT molecular complexity index is 810. The molecular formula is C17H21FN2O4S. The molecule has 3 saturated heterocycles. The quantitative estimate of drug-likeness (QED) is 0.812. The Morgan fingerprint density at radius 3 is 2.60 bits per heavy atom. The molecule has 6 nitrogen and oxygen atoms in total. The fourth-order valence-electron chi connectivity index (χ4n) is 4.36. The zero-order chi connectivity index (χ0) is 18.0. The number of halogens is 1. The van der Waals surface area contributed by atoms with Crippen molar-refractivity contribution in [3.05, 3.63) is 30.1 Å². The van der Waals surface area contributed by atoms with Gasteiger partial charge in [-0.15, -0.1) is 0 Å². The minimum absolute atomic E-state index is 0.0222. The minimum atomic E-state index is -3.81. The van der Waals surface area contributed by atoms with Crippen LogP contribution in [0.4, 0.5) is 4.39 Å². The highest BCUT2D eigenvalue weighted by molar-refractivity contribution is 7.89. The highest BCUT2D eigenvalue weighted by Crippen LogP contribution is 2.50. The molecule has 0 N–H and O–H groups in total. The Balaban J connectivity index is 1.70. The van der Waals surface area contributed by atoms with Crippen molar-refractivity contribution < 1.29 is 22.3 Å². The first-order chi connectivity index (χ1) is 11.8. The lowest BCUT2D eigenvalue weighted by atomic mass is 10.0. The Labute approximate surface area is 146 Å². The smallest absolute Gasteiger partial charge is 0.243 e. The van der Waals surface area contributed by atoms with E-state index in [0.717, 1.165) is 12.1 Å². The third kappa shape index (κ3) is 2.27.